The summed E-state index contributed by atoms with van der Waals surface area (Å²) in [5.74, 6) is 0.0711. The monoisotopic (exact) mass is 316 g/mol. The van der Waals surface area contributed by atoms with Gasteiger partial charge in [0.1, 0.15) is 5.78 Å². The molecule has 3 atom stereocenters. The van der Waals surface area contributed by atoms with Gasteiger partial charge in [0.25, 0.3) is 0 Å². The molecule has 0 saturated carbocycles. The largest absolute Gasteiger partial charge is 0.413 e. The van der Waals surface area contributed by atoms with Gasteiger partial charge >= 0.3 is 0 Å². The molecule has 21 heavy (non-hydrogen) atoms. The normalized spacial score (nSPS) is 17.7. The van der Waals surface area contributed by atoms with Crippen molar-refractivity contribution in [3.05, 3.63) is 0 Å². The number of ketones is 1. The van der Waals surface area contributed by atoms with Gasteiger partial charge in [-0.2, -0.15) is 0 Å². The van der Waals surface area contributed by atoms with Crippen molar-refractivity contribution in [3.8, 4) is 0 Å². The molecule has 0 aliphatic rings. The second kappa shape index (κ2) is 7.89. The highest BCUT2D eigenvalue weighted by Gasteiger charge is 2.40. The molecule has 0 aromatic heterocycles. The molecule has 0 spiro atoms. The fraction of sp³-hybridized carbons (Fsp3) is 0.941. The molecule has 0 bridgehead atoms. The first kappa shape index (κ1) is 20.8. The fourth-order valence-electron chi connectivity index (χ4n) is 1.93. The van der Waals surface area contributed by atoms with Crippen molar-refractivity contribution in [2.45, 2.75) is 91.6 Å². The van der Waals surface area contributed by atoms with E-state index in [1.165, 1.54) is 0 Å². The Labute approximate surface area is 132 Å². The topological polar surface area (TPSA) is 46.5 Å². The quantitative estimate of drug-likeness (QED) is 0.675. The van der Waals surface area contributed by atoms with Gasteiger partial charge in [-0.05, 0) is 30.5 Å². The van der Waals surface area contributed by atoms with Gasteiger partial charge in [-0.25, -0.2) is 0 Å². The van der Waals surface area contributed by atoms with Crippen molar-refractivity contribution in [2.24, 2.45) is 11.8 Å². The highest BCUT2D eigenvalue weighted by atomic mass is 28.4. The molecular formula is C17H36O3Si. The lowest BCUT2D eigenvalue weighted by Crippen LogP contribution is -2.46. The number of hydrogen-bond donors (Lipinski definition) is 1. The number of carbonyl (C=O) groups is 1. The Morgan fingerprint density at radius 1 is 1.19 bits per heavy atom. The lowest BCUT2D eigenvalue weighted by atomic mass is 9.91. The molecule has 0 aliphatic heterocycles. The molecule has 3 nitrogen and oxygen atoms in total. The number of aliphatic hydroxyl groups is 1. The number of rotatable bonds is 8. The SMILES string of the molecule is CC[C@H](O[Si](C)(C)C(C)(C)C)[C@@H](C)C(=O)C[C@H](O)C(C)C. The summed E-state index contributed by atoms with van der Waals surface area (Å²) in [6.45, 7) is 18.9. The van der Waals surface area contributed by atoms with Crippen LogP contribution in [0.1, 0.15) is 61.3 Å². The molecule has 0 heterocycles. The van der Waals surface area contributed by atoms with Crippen molar-refractivity contribution in [1.82, 2.24) is 0 Å². The molecular weight excluding hydrogens is 280 g/mol. The van der Waals surface area contributed by atoms with Crippen molar-refractivity contribution < 1.29 is 14.3 Å². The predicted octanol–water partition coefficient (Wildman–Crippen LogP) is 4.40. The van der Waals surface area contributed by atoms with Crippen LogP contribution >= 0.6 is 0 Å². The van der Waals surface area contributed by atoms with E-state index in [2.05, 4.69) is 40.8 Å². The Morgan fingerprint density at radius 2 is 1.67 bits per heavy atom. The smallest absolute Gasteiger partial charge is 0.192 e. The Bertz CT molecular complexity index is 331. The number of carbonyl (C=O) groups excluding carboxylic acids is 1. The number of hydrogen-bond acceptors (Lipinski definition) is 3. The van der Waals surface area contributed by atoms with Crippen molar-refractivity contribution in [3.63, 3.8) is 0 Å². The van der Waals surface area contributed by atoms with E-state index >= 15 is 0 Å². The minimum Gasteiger partial charge on any atom is -0.413 e. The van der Waals surface area contributed by atoms with E-state index in [9.17, 15) is 9.90 Å². The van der Waals surface area contributed by atoms with E-state index in [-0.39, 0.29) is 35.2 Å². The predicted molar refractivity (Wildman–Crippen MR) is 92.0 cm³/mol. The Morgan fingerprint density at radius 3 is 2.00 bits per heavy atom. The Kier molecular flexibility index (Phi) is 7.81. The summed E-state index contributed by atoms with van der Waals surface area (Å²) in [5.41, 5.74) is 0. The van der Waals surface area contributed by atoms with Crippen molar-refractivity contribution in [1.29, 1.82) is 0 Å². The summed E-state index contributed by atoms with van der Waals surface area (Å²) < 4.78 is 6.41. The van der Waals surface area contributed by atoms with Crippen LogP contribution in [0, 0.1) is 11.8 Å². The third-order valence-electron chi connectivity index (χ3n) is 4.90. The van der Waals surface area contributed by atoms with Gasteiger partial charge in [0, 0.05) is 12.3 Å². The molecule has 0 amide bonds. The van der Waals surface area contributed by atoms with Gasteiger partial charge in [0.2, 0.25) is 0 Å². The Hall–Kier alpha value is -0.193. The molecule has 126 valence electrons. The van der Waals surface area contributed by atoms with Gasteiger partial charge in [-0.1, -0.05) is 48.5 Å². The maximum absolute atomic E-state index is 12.4. The molecule has 0 rings (SSSR count). The minimum absolute atomic E-state index is 0.0437. The molecule has 0 unspecified atom stereocenters. The van der Waals surface area contributed by atoms with Crippen LogP contribution < -0.4 is 0 Å². The maximum atomic E-state index is 12.4. The summed E-state index contributed by atoms with van der Waals surface area (Å²) in [6, 6.07) is 0. The third-order valence-corrected chi connectivity index (χ3v) is 9.40. The Balaban J connectivity index is 4.84. The first-order valence-electron chi connectivity index (χ1n) is 8.22. The molecule has 0 aromatic carbocycles. The standard InChI is InChI=1S/C17H36O3Si/c1-10-16(20-21(8,9)17(5,6)7)13(4)15(19)11-14(18)12(2)3/h12-14,16,18H,10-11H2,1-9H3/t13-,14-,16-/m0/s1. The molecule has 0 aromatic rings. The van der Waals surface area contributed by atoms with Crippen molar-refractivity contribution in [2.75, 3.05) is 0 Å². The molecule has 1 N–H and O–H groups in total. The summed E-state index contributed by atoms with van der Waals surface area (Å²) in [5, 5.41) is 10.0. The van der Waals surface area contributed by atoms with Crippen LogP contribution in [-0.4, -0.2) is 31.4 Å². The molecule has 0 aliphatic carbocycles. The van der Waals surface area contributed by atoms with Gasteiger partial charge in [0.05, 0.1) is 12.2 Å². The van der Waals surface area contributed by atoms with Crippen LogP contribution in [0.4, 0.5) is 0 Å². The summed E-state index contributed by atoms with van der Waals surface area (Å²) in [4.78, 5) is 12.4. The second-order valence-corrected chi connectivity index (χ2v) is 12.9. The average molecular weight is 317 g/mol. The first-order valence-corrected chi connectivity index (χ1v) is 11.1. The van der Waals surface area contributed by atoms with E-state index < -0.39 is 14.4 Å². The summed E-state index contributed by atoms with van der Waals surface area (Å²) in [6.07, 6.45) is 0.469. The summed E-state index contributed by atoms with van der Waals surface area (Å²) in [7, 11) is -1.87. The van der Waals surface area contributed by atoms with Crippen LogP contribution in [0.15, 0.2) is 0 Å². The lowest BCUT2D eigenvalue weighted by Gasteiger charge is -2.40. The number of aliphatic hydroxyl groups excluding tert-OH is 1. The minimum atomic E-state index is -1.87. The third kappa shape index (κ3) is 6.21. The van der Waals surface area contributed by atoms with Gasteiger partial charge in [-0.3, -0.25) is 4.79 Å². The van der Waals surface area contributed by atoms with Gasteiger partial charge in [-0.15, -0.1) is 0 Å². The van der Waals surface area contributed by atoms with Crippen LogP contribution in [0.2, 0.25) is 18.1 Å². The zero-order valence-corrected chi connectivity index (χ0v) is 16.5. The molecule has 0 fully saturated rings. The van der Waals surface area contributed by atoms with E-state index in [0.29, 0.717) is 0 Å². The van der Waals surface area contributed by atoms with Crippen molar-refractivity contribution >= 4 is 14.1 Å². The average Bonchev–Trinajstić information content (AvgIpc) is 2.33. The van der Waals surface area contributed by atoms with Crippen LogP contribution in [0.5, 0.6) is 0 Å². The van der Waals surface area contributed by atoms with E-state index in [0.717, 1.165) is 6.42 Å². The zero-order valence-electron chi connectivity index (χ0n) is 15.5. The lowest BCUT2D eigenvalue weighted by molar-refractivity contribution is -0.127. The molecule has 4 heteroatoms. The van der Waals surface area contributed by atoms with Gasteiger partial charge in [0.15, 0.2) is 8.32 Å². The maximum Gasteiger partial charge on any atom is 0.192 e. The first-order chi connectivity index (χ1) is 9.33. The van der Waals surface area contributed by atoms with E-state index in [1.54, 1.807) is 0 Å². The van der Waals surface area contributed by atoms with Crippen LogP contribution in [-0.2, 0) is 9.22 Å². The fourth-order valence-corrected chi connectivity index (χ4v) is 3.41. The number of Topliss-reactive ketones (excluding diaryl/α,β-unsaturated/α-hetero) is 1. The highest BCUT2D eigenvalue weighted by molar-refractivity contribution is 6.74. The van der Waals surface area contributed by atoms with E-state index in [1.807, 2.05) is 20.8 Å². The molecule has 0 radical (unpaired) electrons. The second-order valence-electron chi connectivity index (χ2n) is 8.10. The van der Waals surface area contributed by atoms with Gasteiger partial charge < -0.3 is 9.53 Å². The van der Waals surface area contributed by atoms with Crippen LogP contribution in [0.3, 0.4) is 0 Å². The van der Waals surface area contributed by atoms with Crippen LogP contribution in [0.25, 0.3) is 0 Å². The zero-order chi connectivity index (χ0) is 17.0. The van der Waals surface area contributed by atoms with E-state index in [4.69, 9.17) is 4.43 Å². The summed E-state index contributed by atoms with van der Waals surface area (Å²) >= 11 is 0. The molecule has 0 saturated heterocycles. The highest BCUT2D eigenvalue weighted by Crippen LogP contribution is 2.38.